The van der Waals surface area contributed by atoms with E-state index in [4.69, 9.17) is 16.6 Å². The lowest BCUT2D eigenvalue weighted by Gasteiger charge is -2.19. The molecule has 0 fully saturated rings. The van der Waals surface area contributed by atoms with Gasteiger partial charge in [-0.05, 0) is 26.3 Å². The van der Waals surface area contributed by atoms with E-state index in [0.717, 1.165) is 6.08 Å². The fourth-order valence-corrected chi connectivity index (χ4v) is 1.28. The Bertz CT molecular complexity index is 307. The molecule has 1 unspecified atom stereocenters. The largest absolute Gasteiger partial charge is 0.478 e. The van der Waals surface area contributed by atoms with Crippen LogP contribution in [0.5, 0.6) is 0 Å². The smallest absolute Gasteiger partial charge is 0.328 e. The molecule has 3 atom stereocenters. The third kappa shape index (κ3) is 7.00. The highest BCUT2D eigenvalue weighted by Gasteiger charge is 2.22. The summed E-state index contributed by atoms with van der Waals surface area (Å²) in [6.45, 7) is 2.03. The summed E-state index contributed by atoms with van der Waals surface area (Å²) >= 11 is 0. The first-order valence-electron chi connectivity index (χ1n) is 5.73. The topological polar surface area (TPSA) is 139 Å². The van der Waals surface area contributed by atoms with Crippen molar-refractivity contribution >= 4 is 11.9 Å². The molecule has 0 aliphatic heterocycles. The number of nitrogens with one attached hydrogen (secondary N) is 1. The van der Waals surface area contributed by atoms with Gasteiger partial charge in [0.1, 0.15) is 6.04 Å². The van der Waals surface area contributed by atoms with Gasteiger partial charge >= 0.3 is 5.97 Å². The Hall–Kier alpha value is -1.44. The number of carboxylic acid groups (broad SMARTS) is 1. The molecular formula is C11H21N3O4. The van der Waals surface area contributed by atoms with E-state index in [2.05, 4.69) is 5.32 Å². The zero-order valence-corrected chi connectivity index (χ0v) is 10.4. The van der Waals surface area contributed by atoms with Crippen molar-refractivity contribution in [2.75, 3.05) is 6.54 Å². The molecule has 0 rings (SSSR count). The van der Waals surface area contributed by atoms with Gasteiger partial charge in [-0.3, -0.25) is 4.79 Å². The van der Waals surface area contributed by atoms with E-state index < -0.39 is 30.1 Å². The van der Waals surface area contributed by atoms with Crippen molar-refractivity contribution < 1.29 is 19.8 Å². The minimum absolute atomic E-state index is 0.352. The summed E-state index contributed by atoms with van der Waals surface area (Å²) in [7, 11) is 0. The van der Waals surface area contributed by atoms with E-state index in [1.54, 1.807) is 6.92 Å². The number of aliphatic hydroxyl groups is 1. The van der Waals surface area contributed by atoms with Crippen LogP contribution in [0.25, 0.3) is 0 Å². The van der Waals surface area contributed by atoms with E-state index in [9.17, 15) is 14.7 Å². The molecule has 0 saturated heterocycles. The van der Waals surface area contributed by atoms with Crippen LogP contribution in [0.2, 0.25) is 0 Å². The fourth-order valence-electron chi connectivity index (χ4n) is 1.28. The predicted molar refractivity (Wildman–Crippen MR) is 66.7 cm³/mol. The monoisotopic (exact) mass is 259 g/mol. The maximum atomic E-state index is 11.6. The van der Waals surface area contributed by atoms with Crippen molar-refractivity contribution in [1.29, 1.82) is 0 Å². The normalized spacial score (nSPS) is 16.2. The molecule has 0 aromatic carbocycles. The van der Waals surface area contributed by atoms with Gasteiger partial charge in [0.25, 0.3) is 0 Å². The summed E-state index contributed by atoms with van der Waals surface area (Å²) in [5.74, 6) is -1.62. The zero-order valence-electron chi connectivity index (χ0n) is 10.4. The van der Waals surface area contributed by atoms with Crippen LogP contribution in [-0.2, 0) is 9.59 Å². The highest BCUT2D eigenvalue weighted by molar-refractivity contribution is 5.83. The summed E-state index contributed by atoms with van der Waals surface area (Å²) in [5, 5.41) is 20.5. The number of carboxylic acids is 1. The summed E-state index contributed by atoms with van der Waals surface area (Å²) in [4.78, 5) is 21.9. The van der Waals surface area contributed by atoms with Crippen molar-refractivity contribution in [3.63, 3.8) is 0 Å². The molecule has 0 spiro atoms. The number of carbonyl (C=O) groups is 2. The SMILES string of the molecule is CC(/C=C/C(=O)O)NC(=O)[C@@H](N)[C@@H](O)CCCN. The highest BCUT2D eigenvalue weighted by Crippen LogP contribution is 2.00. The van der Waals surface area contributed by atoms with Crippen LogP contribution in [0.15, 0.2) is 12.2 Å². The lowest BCUT2D eigenvalue weighted by molar-refractivity contribution is -0.131. The van der Waals surface area contributed by atoms with E-state index >= 15 is 0 Å². The Balaban J connectivity index is 4.18. The second kappa shape index (κ2) is 8.62. The van der Waals surface area contributed by atoms with Crippen LogP contribution in [0.1, 0.15) is 19.8 Å². The summed E-state index contributed by atoms with van der Waals surface area (Å²) in [6, 6.07) is -1.52. The first-order valence-corrected chi connectivity index (χ1v) is 5.73. The number of aliphatic hydroxyl groups excluding tert-OH is 1. The van der Waals surface area contributed by atoms with Crippen molar-refractivity contribution in [2.45, 2.75) is 38.0 Å². The average Bonchev–Trinajstić information content (AvgIpc) is 2.32. The molecule has 7 N–H and O–H groups in total. The molecular weight excluding hydrogens is 238 g/mol. The van der Waals surface area contributed by atoms with Gasteiger partial charge in [-0.2, -0.15) is 0 Å². The number of hydrogen-bond donors (Lipinski definition) is 5. The Morgan fingerprint density at radius 3 is 2.56 bits per heavy atom. The third-order valence-electron chi connectivity index (χ3n) is 2.32. The Kier molecular flexibility index (Phi) is 7.93. The predicted octanol–water partition coefficient (Wildman–Crippen LogP) is -1.44. The zero-order chi connectivity index (χ0) is 14.1. The van der Waals surface area contributed by atoms with Crippen LogP contribution in [0, 0.1) is 0 Å². The summed E-state index contributed by atoms with van der Waals surface area (Å²) < 4.78 is 0. The second-order valence-electron chi connectivity index (χ2n) is 4.02. The van der Waals surface area contributed by atoms with Crippen LogP contribution in [0.3, 0.4) is 0 Å². The van der Waals surface area contributed by atoms with Gasteiger partial charge < -0.3 is 27.0 Å². The molecule has 104 valence electrons. The first kappa shape index (κ1) is 16.6. The van der Waals surface area contributed by atoms with E-state index in [1.807, 2.05) is 0 Å². The minimum Gasteiger partial charge on any atom is -0.478 e. The van der Waals surface area contributed by atoms with Crippen LogP contribution < -0.4 is 16.8 Å². The molecule has 0 aliphatic carbocycles. The van der Waals surface area contributed by atoms with E-state index in [1.165, 1.54) is 6.08 Å². The molecule has 1 amide bonds. The van der Waals surface area contributed by atoms with E-state index in [0.29, 0.717) is 19.4 Å². The lowest BCUT2D eigenvalue weighted by atomic mass is 10.1. The number of nitrogens with two attached hydrogens (primary N) is 2. The van der Waals surface area contributed by atoms with Crippen molar-refractivity contribution in [2.24, 2.45) is 11.5 Å². The lowest BCUT2D eigenvalue weighted by Crippen LogP contribution is -2.50. The maximum Gasteiger partial charge on any atom is 0.328 e. The second-order valence-corrected chi connectivity index (χ2v) is 4.02. The number of rotatable bonds is 8. The average molecular weight is 259 g/mol. The van der Waals surface area contributed by atoms with Gasteiger partial charge in [-0.15, -0.1) is 0 Å². The highest BCUT2D eigenvalue weighted by atomic mass is 16.4. The van der Waals surface area contributed by atoms with Gasteiger partial charge in [0.2, 0.25) is 5.91 Å². The van der Waals surface area contributed by atoms with Crippen LogP contribution in [0.4, 0.5) is 0 Å². The summed E-state index contributed by atoms with van der Waals surface area (Å²) in [5.41, 5.74) is 10.8. The molecule has 18 heavy (non-hydrogen) atoms. The minimum atomic E-state index is -1.09. The van der Waals surface area contributed by atoms with Crippen LogP contribution in [-0.4, -0.2) is 46.8 Å². The van der Waals surface area contributed by atoms with E-state index in [-0.39, 0.29) is 0 Å². The van der Waals surface area contributed by atoms with Gasteiger partial charge in [0.15, 0.2) is 0 Å². The maximum absolute atomic E-state index is 11.6. The Morgan fingerprint density at radius 1 is 1.44 bits per heavy atom. The molecule has 0 saturated carbocycles. The quantitative estimate of drug-likeness (QED) is 0.338. The molecule has 0 aliphatic rings. The van der Waals surface area contributed by atoms with Gasteiger partial charge in [0, 0.05) is 12.1 Å². The number of amides is 1. The van der Waals surface area contributed by atoms with Gasteiger partial charge in [0.05, 0.1) is 6.10 Å². The molecule has 0 aromatic rings. The molecule has 0 aromatic heterocycles. The molecule has 0 radical (unpaired) electrons. The van der Waals surface area contributed by atoms with Crippen molar-refractivity contribution in [3.8, 4) is 0 Å². The molecule has 7 heteroatoms. The van der Waals surface area contributed by atoms with Crippen LogP contribution >= 0.6 is 0 Å². The fraction of sp³-hybridized carbons (Fsp3) is 0.636. The number of hydrogen-bond acceptors (Lipinski definition) is 5. The molecule has 0 heterocycles. The van der Waals surface area contributed by atoms with Gasteiger partial charge in [-0.1, -0.05) is 6.08 Å². The number of aliphatic carboxylic acids is 1. The van der Waals surface area contributed by atoms with Gasteiger partial charge in [-0.25, -0.2) is 4.79 Å². The number of carbonyl (C=O) groups excluding carboxylic acids is 1. The Morgan fingerprint density at radius 2 is 2.06 bits per heavy atom. The van der Waals surface area contributed by atoms with Crippen molar-refractivity contribution in [1.82, 2.24) is 5.32 Å². The Labute approximate surface area is 106 Å². The first-order chi connectivity index (χ1) is 8.38. The summed E-state index contributed by atoms with van der Waals surface area (Å²) in [6.07, 6.45) is 2.23. The third-order valence-corrected chi connectivity index (χ3v) is 2.32. The molecule has 0 bridgehead atoms. The van der Waals surface area contributed by atoms with Crippen molar-refractivity contribution in [3.05, 3.63) is 12.2 Å². The molecule has 7 nitrogen and oxygen atoms in total. The standard InChI is InChI=1S/C11H21N3O4/c1-7(4-5-9(16)17)14-11(18)10(13)8(15)3-2-6-12/h4-5,7-8,10,15H,2-3,6,12-13H2,1H3,(H,14,18)(H,16,17)/b5-4+/t7?,8-,10-/m0/s1.